The van der Waals surface area contributed by atoms with Gasteiger partial charge in [-0.15, -0.1) is 0 Å². The van der Waals surface area contributed by atoms with Crippen molar-refractivity contribution in [2.24, 2.45) is 11.1 Å². The lowest BCUT2D eigenvalue weighted by Crippen LogP contribution is -2.34. The molecule has 0 radical (unpaired) electrons. The fourth-order valence-electron chi connectivity index (χ4n) is 1.80. The Balaban J connectivity index is 2.00. The summed E-state index contributed by atoms with van der Waals surface area (Å²) in [5.41, 5.74) is 5.69. The predicted molar refractivity (Wildman–Crippen MR) is 66.0 cm³/mol. The lowest BCUT2D eigenvalue weighted by Gasteiger charge is -2.13. The van der Waals surface area contributed by atoms with Gasteiger partial charge in [-0.1, -0.05) is 0 Å². The van der Waals surface area contributed by atoms with Gasteiger partial charge < -0.3 is 15.8 Å². The maximum absolute atomic E-state index is 13.6. The monoisotopic (exact) mass is 252 g/mol. The van der Waals surface area contributed by atoms with Gasteiger partial charge in [0, 0.05) is 18.0 Å². The van der Waals surface area contributed by atoms with Crippen LogP contribution in [0.4, 0.5) is 4.39 Å². The average Bonchev–Trinajstić information content (AvgIpc) is 3.16. The Morgan fingerprint density at radius 1 is 1.56 bits per heavy atom. The highest BCUT2D eigenvalue weighted by Gasteiger charge is 2.41. The van der Waals surface area contributed by atoms with Crippen LogP contribution < -0.4 is 15.8 Å². The number of ether oxygens (including phenoxy) is 1. The molecule has 0 unspecified atom stereocenters. The fourth-order valence-corrected chi connectivity index (χ4v) is 1.80. The molecule has 0 atom stereocenters. The topological polar surface area (TPSA) is 64.3 Å². The first kappa shape index (κ1) is 12.8. The van der Waals surface area contributed by atoms with Crippen LogP contribution in [0.3, 0.4) is 0 Å². The number of halogens is 1. The second kappa shape index (κ2) is 4.94. The first-order valence-electron chi connectivity index (χ1n) is 5.92. The van der Waals surface area contributed by atoms with Gasteiger partial charge in [0.1, 0.15) is 11.6 Å². The van der Waals surface area contributed by atoms with Crippen molar-refractivity contribution in [3.63, 3.8) is 0 Å². The van der Waals surface area contributed by atoms with Crippen molar-refractivity contribution >= 4 is 5.91 Å². The molecule has 4 nitrogen and oxygen atoms in total. The minimum Gasteiger partial charge on any atom is -0.497 e. The molecule has 0 saturated heterocycles. The van der Waals surface area contributed by atoms with E-state index in [1.165, 1.54) is 19.2 Å². The van der Waals surface area contributed by atoms with Gasteiger partial charge in [-0.3, -0.25) is 4.79 Å². The minimum atomic E-state index is -0.579. The van der Waals surface area contributed by atoms with E-state index >= 15 is 0 Å². The molecular weight excluding hydrogens is 235 g/mol. The Morgan fingerprint density at radius 3 is 2.78 bits per heavy atom. The van der Waals surface area contributed by atoms with Crippen molar-refractivity contribution in [3.05, 3.63) is 29.6 Å². The number of rotatable bonds is 5. The zero-order valence-corrected chi connectivity index (χ0v) is 10.3. The molecule has 1 fully saturated rings. The molecule has 18 heavy (non-hydrogen) atoms. The van der Waals surface area contributed by atoms with Gasteiger partial charge in [0.25, 0.3) is 5.91 Å². The summed E-state index contributed by atoms with van der Waals surface area (Å²) in [6, 6.07) is 4.18. The largest absolute Gasteiger partial charge is 0.497 e. The van der Waals surface area contributed by atoms with E-state index in [9.17, 15) is 9.18 Å². The first-order chi connectivity index (χ1) is 8.60. The molecule has 0 spiro atoms. The number of nitrogens with one attached hydrogen (secondary N) is 1. The van der Waals surface area contributed by atoms with Crippen LogP contribution in [-0.4, -0.2) is 26.1 Å². The summed E-state index contributed by atoms with van der Waals surface area (Å²) in [5.74, 6) is -0.594. The molecule has 1 aliphatic rings. The third-order valence-electron chi connectivity index (χ3n) is 3.43. The van der Waals surface area contributed by atoms with Crippen molar-refractivity contribution in [2.75, 3.05) is 20.2 Å². The van der Waals surface area contributed by atoms with Gasteiger partial charge in [-0.05, 0) is 31.5 Å². The van der Waals surface area contributed by atoms with Gasteiger partial charge in [-0.2, -0.15) is 0 Å². The highest BCUT2D eigenvalue weighted by atomic mass is 19.1. The molecule has 1 aromatic carbocycles. The number of nitrogens with two attached hydrogens (primary N) is 1. The van der Waals surface area contributed by atoms with E-state index in [2.05, 4.69) is 5.32 Å². The molecule has 1 amide bonds. The summed E-state index contributed by atoms with van der Waals surface area (Å²) in [5, 5.41) is 2.73. The van der Waals surface area contributed by atoms with Gasteiger partial charge in [-0.25, -0.2) is 4.39 Å². The molecule has 0 aliphatic heterocycles. The normalized spacial score (nSPS) is 16.2. The maximum Gasteiger partial charge on any atom is 0.254 e. The van der Waals surface area contributed by atoms with E-state index in [0.717, 1.165) is 12.8 Å². The Morgan fingerprint density at radius 2 is 2.28 bits per heavy atom. The summed E-state index contributed by atoms with van der Waals surface area (Å²) < 4.78 is 18.5. The van der Waals surface area contributed by atoms with E-state index in [1.54, 1.807) is 6.07 Å². The van der Waals surface area contributed by atoms with Crippen LogP contribution in [0.15, 0.2) is 18.2 Å². The summed E-state index contributed by atoms with van der Waals surface area (Å²) in [7, 11) is 1.45. The summed E-state index contributed by atoms with van der Waals surface area (Å²) in [4.78, 5) is 11.8. The molecule has 98 valence electrons. The van der Waals surface area contributed by atoms with Crippen LogP contribution in [0.1, 0.15) is 23.2 Å². The molecule has 5 heteroatoms. The molecule has 2 rings (SSSR count). The molecule has 0 aromatic heterocycles. The van der Waals surface area contributed by atoms with E-state index in [4.69, 9.17) is 10.5 Å². The summed E-state index contributed by atoms with van der Waals surface area (Å²) in [6.07, 6.45) is 2.05. The van der Waals surface area contributed by atoms with Crippen LogP contribution >= 0.6 is 0 Å². The molecule has 1 saturated carbocycles. The number of hydrogen-bond donors (Lipinski definition) is 2. The molecule has 1 aliphatic carbocycles. The van der Waals surface area contributed by atoms with Crippen LogP contribution in [0.2, 0.25) is 0 Å². The smallest absolute Gasteiger partial charge is 0.254 e. The second-order valence-corrected chi connectivity index (χ2v) is 4.73. The Bertz CT molecular complexity index is 458. The minimum absolute atomic E-state index is 0.0311. The van der Waals surface area contributed by atoms with Crippen molar-refractivity contribution < 1.29 is 13.9 Å². The van der Waals surface area contributed by atoms with Gasteiger partial charge in [0.15, 0.2) is 0 Å². The standard InChI is InChI=1S/C13H17FN2O2/c1-18-9-2-3-10(11(14)6-9)12(17)16-8-13(7-15)4-5-13/h2-3,6H,4-5,7-8,15H2,1H3,(H,16,17). The lowest BCUT2D eigenvalue weighted by atomic mass is 10.1. The number of amides is 1. The van der Waals surface area contributed by atoms with E-state index in [0.29, 0.717) is 18.8 Å². The zero-order valence-electron chi connectivity index (χ0n) is 10.3. The molecular formula is C13H17FN2O2. The number of carbonyl (C=O) groups is 1. The fraction of sp³-hybridized carbons (Fsp3) is 0.462. The highest BCUT2D eigenvalue weighted by Crippen LogP contribution is 2.43. The quantitative estimate of drug-likeness (QED) is 0.830. The third kappa shape index (κ3) is 2.61. The van der Waals surface area contributed by atoms with Crippen molar-refractivity contribution in [3.8, 4) is 5.75 Å². The number of hydrogen-bond acceptors (Lipinski definition) is 3. The molecule has 0 bridgehead atoms. The van der Waals surface area contributed by atoms with Gasteiger partial charge in [0.2, 0.25) is 0 Å². The van der Waals surface area contributed by atoms with Crippen molar-refractivity contribution in [1.29, 1.82) is 0 Å². The first-order valence-corrected chi connectivity index (χ1v) is 5.92. The summed E-state index contributed by atoms with van der Waals surface area (Å²) in [6.45, 7) is 1.06. The van der Waals surface area contributed by atoms with E-state index in [1.807, 2.05) is 0 Å². The van der Waals surface area contributed by atoms with Crippen molar-refractivity contribution in [2.45, 2.75) is 12.8 Å². The second-order valence-electron chi connectivity index (χ2n) is 4.73. The zero-order chi connectivity index (χ0) is 13.2. The van der Waals surface area contributed by atoms with E-state index in [-0.39, 0.29) is 11.0 Å². The Labute approximate surface area is 105 Å². The summed E-state index contributed by atoms with van der Waals surface area (Å²) >= 11 is 0. The average molecular weight is 252 g/mol. The lowest BCUT2D eigenvalue weighted by molar-refractivity contribution is 0.0941. The molecule has 1 aromatic rings. The highest BCUT2D eigenvalue weighted by molar-refractivity contribution is 5.94. The predicted octanol–water partition coefficient (Wildman–Crippen LogP) is 1.30. The third-order valence-corrected chi connectivity index (χ3v) is 3.43. The number of carbonyl (C=O) groups excluding carboxylic acids is 1. The van der Waals surface area contributed by atoms with Gasteiger partial charge in [0.05, 0.1) is 12.7 Å². The number of methoxy groups -OCH3 is 1. The molecule has 3 N–H and O–H groups in total. The van der Waals surface area contributed by atoms with Crippen LogP contribution in [-0.2, 0) is 0 Å². The maximum atomic E-state index is 13.6. The Kier molecular flexibility index (Phi) is 3.52. The SMILES string of the molecule is COc1ccc(C(=O)NCC2(CN)CC2)c(F)c1. The van der Waals surface area contributed by atoms with Crippen LogP contribution in [0, 0.1) is 11.2 Å². The van der Waals surface area contributed by atoms with Crippen molar-refractivity contribution in [1.82, 2.24) is 5.32 Å². The van der Waals surface area contributed by atoms with Crippen LogP contribution in [0.25, 0.3) is 0 Å². The van der Waals surface area contributed by atoms with Crippen LogP contribution in [0.5, 0.6) is 5.75 Å². The Hall–Kier alpha value is -1.62. The van der Waals surface area contributed by atoms with Gasteiger partial charge >= 0.3 is 0 Å². The number of benzene rings is 1. The van der Waals surface area contributed by atoms with E-state index < -0.39 is 11.7 Å². The molecule has 0 heterocycles.